The maximum atomic E-state index is 14.0. The summed E-state index contributed by atoms with van der Waals surface area (Å²) in [7, 11) is 0. The van der Waals surface area contributed by atoms with E-state index in [1.807, 2.05) is 48.5 Å². The van der Waals surface area contributed by atoms with E-state index in [9.17, 15) is 9.59 Å². The van der Waals surface area contributed by atoms with Crippen molar-refractivity contribution in [1.82, 2.24) is 9.80 Å². The number of carbonyl (C=O) groups is 2. The summed E-state index contributed by atoms with van der Waals surface area (Å²) in [5.41, 5.74) is 1.40. The Balaban J connectivity index is 1.45. The number of morpholine rings is 2. The number of ether oxygens (including phenoxy) is 4. The monoisotopic (exact) mass is 636 g/mol. The highest BCUT2D eigenvalue weighted by Gasteiger charge is 2.29. The van der Waals surface area contributed by atoms with Gasteiger partial charge in [-0.25, -0.2) is 0 Å². The zero-order valence-corrected chi connectivity index (χ0v) is 28.3. The summed E-state index contributed by atoms with van der Waals surface area (Å²) in [5, 5.41) is 0. The molecule has 2 atom stereocenters. The van der Waals surface area contributed by atoms with E-state index < -0.39 is 0 Å². The number of benzene rings is 2. The predicted octanol–water partition coefficient (Wildman–Crippen LogP) is 6.57. The minimum absolute atomic E-state index is 0.131. The van der Waals surface area contributed by atoms with Crippen molar-refractivity contribution in [2.75, 3.05) is 78.9 Å². The van der Waals surface area contributed by atoms with Crippen LogP contribution in [0.2, 0.25) is 0 Å². The largest absolute Gasteiger partial charge is 0.494 e. The van der Waals surface area contributed by atoms with Crippen LogP contribution in [0.5, 0.6) is 11.5 Å². The SMILES string of the molecule is CCCCCOc1ccc(C(=O)C(CCC(CN2CCOCC2)C(=O)c2ccc(OCCCCC)cc2)CN2CCOCC2)cc1. The van der Waals surface area contributed by atoms with E-state index in [2.05, 4.69) is 23.6 Å². The lowest BCUT2D eigenvalue weighted by atomic mass is 9.86. The topological polar surface area (TPSA) is 77.5 Å². The molecule has 2 fully saturated rings. The van der Waals surface area contributed by atoms with Crippen molar-refractivity contribution < 1.29 is 28.5 Å². The second kappa shape index (κ2) is 20.5. The zero-order chi connectivity index (χ0) is 32.4. The Morgan fingerprint density at radius 2 is 0.978 bits per heavy atom. The lowest BCUT2D eigenvalue weighted by molar-refractivity contribution is 0.0254. The van der Waals surface area contributed by atoms with Crippen molar-refractivity contribution in [3.05, 3.63) is 59.7 Å². The van der Waals surface area contributed by atoms with Crippen LogP contribution < -0.4 is 9.47 Å². The minimum Gasteiger partial charge on any atom is -0.494 e. The minimum atomic E-state index is -0.215. The lowest BCUT2D eigenvalue weighted by Crippen LogP contribution is -2.42. The third kappa shape index (κ3) is 12.1. The van der Waals surface area contributed by atoms with Gasteiger partial charge < -0.3 is 18.9 Å². The molecular weight excluding hydrogens is 580 g/mol. The standard InChI is InChI=1S/C38H56N2O6/c1-3-5-7-23-45-35-15-11-31(12-16-35)37(41)33(29-39-19-25-43-26-20-39)9-10-34(30-40-21-27-44-28-22-40)38(42)32-13-17-36(18-14-32)46-24-8-6-4-2/h11-18,33-34H,3-10,19-30H2,1-2H3. The molecule has 0 aromatic heterocycles. The van der Waals surface area contributed by atoms with E-state index in [-0.39, 0.29) is 23.4 Å². The van der Waals surface area contributed by atoms with Crippen molar-refractivity contribution >= 4 is 11.6 Å². The molecule has 8 heteroatoms. The Kier molecular flexibility index (Phi) is 16.0. The average molecular weight is 637 g/mol. The van der Waals surface area contributed by atoms with Gasteiger partial charge in [0, 0.05) is 62.2 Å². The van der Waals surface area contributed by atoms with Crippen molar-refractivity contribution in [2.45, 2.75) is 65.2 Å². The van der Waals surface area contributed by atoms with E-state index in [4.69, 9.17) is 18.9 Å². The quantitative estimate of drug-likeness (QED) is 0.113. The fourth-order valence-electron chi connectivity index (χ4n) is 6.19. The van der Waals surface area contributed by atoms with E-state index in [1.165, 1.54) is 0 Å². The number of unbranched alkanes of at least 4 members (excludes halogenated alkanes) is 4. The summed E-state index contributed by atoms with van der Waals surface area (Å²) in [6.45, 7) is 13.1. The molecule has 8 nitrogen and oxygen atoms in total. The Labute approximate surface area is 276 Å². The number of ketones is 2. The van der Waals surface area contributed by atoms with Crippen LogP contribution >= 0.6 is 0 Å². The van der Waals surface area contributed by atoms with Gasteiger partial charge in [0.1, 0.15) is 11.5 Å². The van der Waals surface area contributed by atoms with Crippen molar-refractivity contribution in [3.63, 3.8) is 0 Å². The van der Waals surface area contributed by atoms with E-state index in [1.54, 1.807) is 0 Å². The normalized spacial score (nSPS) is 17.3. The highest BCUT2D eigenvalue weighted by atomic mass is 16.5. The second-order valence-electron chi connectivity index (χ2n) is 12.7. The van der Waals surface area contributed by atoms with Gasteiger partial charge in [0.25, 0.3) is 0 Å². The summed E-state index contributed by atoms with van der Waals surface area (Å²) >= 11 is 0. The van der Waals surface area contributed by atoms with E-state index in [0.29, 0.717) is 76.7 Å². The molecule has 254 valence electrons. The first kappa shape index (κ1) is 36.1. The number of carbonyl (C=O) groups excluding carboxylic acids is 2. The Morgan fingerprint density at radius 3 is 1.33 bits per heavy atom. The van der Waals surface area contributed by atoms with Gasteiger partial charge >= 0.3 is 0 Å². The molecule has 0 bridgehead atoms. The molecule has 2 heterocycles. The van der Waals surface area contributed by atoms with Crippen LogP contribution in [0, 0.1) is 11.8 Å². The van der Waals surface area contributed by atoms with E-state index >= 15 is 0 Å². The molecule has 0 amide bonds. The molecule has 4 rings (SSSR count). The molecule has 2 aromatic carbocycles. The van der Waals surface area contributed by atoms with Gasteiger partial charge in [-0.15, -0.1) is 0 Å². The molecule has 46 heavy (non-hydrogen) atoms. The maximum absolute atomic E-state index is 14.0. The van der Waals surface area contributed by atoms with Crippen molar-refractivity contribution in [1.29, 1.82) is 0 Å². The molecule has 2 aliphatic rings. The third-order valence-corrected chi connectivity index (χ3v) is 9.08. The highest BCUT2D eigenvalue weighted by molar-refractivity contribution is 5.99. The van der Waals surface area contributed by atoms with Crippen LogP contribution in [0.3, 0.4) is 0 Å². The zero-order valence-electron chi connectivity index (χ0n) is 28.3. The molecular formula is C38H56N2O6. The summed E-state index contributed by atoms with van der Waals surface area (Å²) in [6.07, 6.45) is 7.94. The predicted molar refractivity (Wildman–Crippen MR) is 182 cm³/mol. The first-order valence-electron chi connectivity index (χ1n) is 17.7. The number of Topliss-reactive ketones (excluding diaryl/α,β-unsaturated/α-hetero) is 2. The lowest BCUT2D eigenvalue weighted by Gasteiger charge is -2.32. The number of rotatable bonds is 21. The van der Waals surface area contributed by atoms with Crippen molar-refractivity contribution in [3.8, 4) is 11.5 Å². The summed E-state index contributed by atoms with van der Waals surface area (Å²) in [5.74, 6) is 1.43. The number of hydrogen-bond donors (Lipinski definition) is 0. The summed E-state index contributed by atoms with van der Waals surface area (Å²) < 4.78 is 22.9. The first-order chi connectivity index (χ1) is 22.6. The van der Waals surface area contributed by atoms with Gasteiger partial charge in [0.2, 0.25) is 0 Å². The summed E-state index contributed by atoms with van der Waals surface area (Å²) in [6, 6.07) is 15.2. The Hall–Kier alpha value is -2.78. The second-order valence-corrected chi connectivity index (χ2v) is 12.7. The molecule has 0 saturated carbocycles. The van der Waals surface area contributed by atoms with Crippen LogP contribution in [-0.2, 0) is 9.47 Å². The molecule has 0 aliphatic carbocycles. The third-order valence-electron chi connectivity index (χ3n) is 9.08. The fraction of sp³-hybridized carbons (Fsp3) is 0.632. The first-order valence-corrected chi connectivity index (χ1v) is 17.7. The smallest absolute Gasteiger partial charge is 0.167 e. The molecule has 2 saturated heterocycles. The maximum Gasteiger partial charge on any atom is 0.167 e. The van der Waals surface area contributed by atoms with Gasteiger partial charge in [0.15, 0.2) is 11.6 Å². The van der Waals surface area contributed by atoms with E-state index in [0.717, 1.165) is 76.2 Å². The van der Waals surface area contributed by atoms with Crippen LogP contribution in [0.15, 0.2) is 48.5 Å². The molecule has 2 aliphatic heterocycles. The molecule has 2 aromatic rings. The van der Waals surface area contributed by atoms with Crippen LogP contribution in [0.4, 0.5) is 0 Å². The van der Waals surface area contributed by atoms with Crippen LogP contribution in [0.25, 0.3) is 0 Å². The van der Waals surface area contributed by atoms with Gasteiger partial charge in [-0.1, -0.05) is 39.5 Å². The van der Waals surface area contributed by atoms with Gasteiger partial charge in [-0.05, 0) is 74.2 Å². The highest BCUT2D eigenvalue weighted by Crippen LogP contribution is 2.25. The molecule has 2 unspecified atom stereocenters. The fourth-order valence-corrected chi connectivity index (χ4v) is 6.19. The van der Waals surface area contributed by atoms with Crippen molar-refractivity contribution in [2.24, 2.45) is 11.8 Å². The molecule has 0 radical (unpaired) electrons. The Bertz CT molecular complexity index is 1050. The summed E-state index contributed by atoms with van der Waals surface area (Å²) in [4.78, 5) is 32.7. The Morgan fingerprint density at radius 1 is 0.609 bits per heavy atom. The molecule has 0 spiro atoms. The average Bonchev–Trinajstić information content (AvgIpc) is 3.10. The number of hydrogen-bond acceptors (Lipinski definition) is 8. The van der Waals surface area contributed by atoms with Gasteiger partial charge in [0.05, 0.1) is 39.6 Å². The van der Waals surface area contributed by atoms with Crippen LogP contribution in [0.1, 0.15) is 85.9 Å². The number of nitrogens with zero attached hydrogens (tertiary/aromatic N) is 2. The molecule has 0 N–H and O–H groups in total. The van der Waals surface area contributed by atoms with Gasteiger partial charge in [-0.2, -0.15) is 0 Å². The van der Waals surface area contributed by atoms with Gasteiger partial charge in [-0.3, -0.25) is 19.4 Å². The van der Waals surface area contributed by atoms with Crippen LogP contribution in [-0.4, -0.2) is 100 Å².